The van der Waals surface area contributed by atoms with Gasteiger partial charge in [0.1, 0.15) is 0 Å². The standard InChI is InChI=1S/C19H15NO2/c1-13(11-18(21)22)15-6-2-7-16(12-15)17-9-3-5-14-8-4-10-20-19(14)17/h2-12H,1H3,(H,21,22)/b13-11+. The minimum atomic E-state index is -0.935. The first-order valence-electron chi connectivity index (χ1n) is 7.01. The van der Waals surface area contributed by atoms with Crippen LogP contribution in [-0.2, 0) is 4.79 Å². The zero-order valence-electron chi connectivity index (χ0n) is 12.2. The van der Waals surface area contributed by atoms with Gasteiger partial charge in [0.05, 0.1) is 5.52 Å². The molecular formula is C19H15NO2. The SMILES string of the molecule is C/C(=C\C(=O)O)c1cccc(-c2cccc3cccnc23)c1. The van der Waals surface area contributed by atoms with Gasteiger partial charge >= 0.3 is 5.97 Å². The van der Waals surface area contributed by atoms with Crippen molar-refractivity contribution in [2.75, 3.05) is 0 Å². The van der Waals surface area contributed by atoms with Gasteiger partial charge in [-0.3, -0.25) is 4.98 Å². The van der Waals surface area contributed by atoms with Crippen molar-refractivity contribution in [2.45, 2.75) is 6.92 Å². The lowest BCUT2D eigenvalue weighted by Gasteiger charge is -2.08. The third-order valence-electron chi connectivity index (χ3n) is 3.60. The van der Waals surface area contributed by atoms with Crippen LogP contribution in [0.1, 0.15) is 12.5 Å². The molecule has 108 valence electrons. The molecule has 0 aliphatic rings. The van der Waals surface area contributed by atoms with Crippen LogP contribution in [0.2, 0.25) is 0 Å². The zero-order chi connectivity index (χ0) is 15.5. The molecular weight excluding hydrogens is 274 g/mol. The van der Waals surface area contributed by atoms with E-state index in [0.717, 1.165) is 33.2 Å². The molecule has 0 saturated heterocycles. The smallest absolute Gasteiger partial charge is 0.328 e. The topological polar surface area (TPSA) is 50.2 Å². The molecule has 0 amide bonds. The van der Waals surface area contributed by atoms with Crippen molar-refractivity contribution in [1.82, 2.24) is 4.98 Å². The fourth-order valence-electron chi connectivity index (χ4n) is 2.54. The van der Waals surface area contributed by atoms with Gasteiger partial charge < -0.3 is 5.11 Å². The van der Waals surface area contributed by atoms with Crippen LogP contribution in [0.25, 0.3) is 27.6 Å². The number of carboxylic acids is 1. The number of benzene rings is 2. The van der Waals surface area contributed by atoms with E-state index in [1.165, 1.54) is 6.08 Å². The Morgan fingerprint density at radius 3 is 2.68 bits per heavy atom. The van der Waals surface area contributed by atoms with Crippen LogP contribution < -0.4 is 0 Å². The predicted octanol–water partition coefficient (Wildman–Crippen LogP) is 4.39. The van der Waals surface area contributed by atoms with Crippen LogP contribution in [-0.4, -0.2) is 16.1 Å². The number of allylic oxidation sites excluding steroid dienone is 1. The Hall–Kier alpha value is -2.94. The summed E-state index contributed by atoms with van der Waals surface area (Å²) in [5, 5.41) is 9.97. The van der Waals surface area contributed by atoms with E-state index >= 15 is 0 Å². The number of aliphatic carboxylic acids is 1. The van der Waals surface area contributed by atoms with E-state index in [1.54, 1.807) is 13.1 Å². The van der Waals surface area contributed by atoms with E-state index in [2.05, 4.69) is 4.98 Å². The molecule has 0 radical (unpaired) electrons. The molecule has 0 unspecified atom stereocenters. The predicted molar refractivity (Wildman–Crippen MR) is 88.5 cm³/mol. The van der Waals surface area contributed by atoms with E-state index in [1.807, 2.05) is 54.6 Å². The number of carbonyl (C=O) groups is 1. The lowest BCUT2D eigenvalue weighted by Crippen LogP contribution is -1.91. The van der Waals surface area contributed by atoms with Gasteiger partial charge in [0.2, 0.25) is 0 Å². The Kier molecular flexibility index (Phi) is 3.71. The second-order valence-corrected chi connectivity index (χ2v) is 5.13. The maximum atomic E-state index is 10.8. The summed E-state index contributed by atoms with van der Waals surface area (Å²) in [4.78, 5) is 15.3. The monoisotopic (exact) mass is 289 g/mol. The van der Waals surface area contributed by atoms with Gasteiger partial charge in [-0.15, -0.1) is 0 Å². The first-order chi connectivity index (χ1) is 10.6. The summed E-state index contributed by atoms with van der Waals surface area (Å²) >= 11 is 0. The van der Waals surface area contributed by atoms with Gasteiger partial charge in [0.25, 0.3) is 0 Å². The van der Waals surface area contributed by atoms with Crippen LogP contribution in [0.4, 0.5) is 0 Å². The molecule has 0 saturated carbocycles. The maximum Gasteiger partial charge on any atom is 0.328 e. The van der Waals surface area contributed by atoms with E-state index in [0.29, 0.717) is 0 Å². The molecule has 0 aliphatic heterocycles. The Bertz CT molecular complexity index is 876. The highest BCUT2D eigenvalue weighted by atomic mass is 16.4. The van der Waals surface area contributed by atoms with Gasteiger partial charge in [-0.1, -0.05) is 42.5 Å². The first kappa shape index (κ1) is 14.0. The molecule has 1 heterocycles. The maximum absolute atomic E-state index is 10.8. The molecule has 3 rings (SSSR count). The van der Waals surface area contributed by atoms with E-state index in [-0.39, 0.29) is 0 Å². The third kappa shape index (κ3) is 2.74. The molecule has 0 atom stereocenters. The van der Waals surface area contributed by atoms with E-state index in [9.17, 15) is 4.79 Å². The van der Waals surface area contributed by atoms with Crippen LogP contribution >= 0.6 is 0 Å². The van der Waals surface area contributed by atoms with Crippen molar-refractivity contribution < 1.29 is 9.90 Å². The summed E-state index contributed by atoms with van der Waals surface area (Å²) in [6.45, 7) is 1.80. The van der Waals surface area contributed by atoms with E-state index < -0.39 is 5.97 Å². The fraction of sp³-hybridized carbons (Fsp3) is 0.0526. The second-order valence-electron chi connectivity index (χ2n) is 5.13. The Balaban J connectivity index is 2.14. The Labute approximate surface area is 128 Å². The van der Waals surface area contributed by atoms with Crippen molar-refractivity contribution in [2.24, 2.45) is 0 Å². The minimum Gasteiger partial charge on any atom is -0.478 e. The molecule has 2 aromatic carbocycles. The first-order valence-corrected chi connectivity index (χ1v) is 7.01. The van der Waals surface area contributed by atoms with Crippen LogP contribution in [0.5, 0.6) is 0 Å². The van der Waals surface area contributed by atoms with Crippen molar-refractivity contribution in [3.8, 4) is 11.1 Å². The van der Waals surface area contributed by atoms with Crippen LogP contribution in [0.15, 0.2) is 66.9 Å². The Morgan fingerprint density at radius 2 is 1.86 bits per heavy atom. The molecule has 0 bridgehead atoms. The summed E-state index contributed by atoms with van der Waals surface area (Å²) in [6, 6.07) is 17.9. The summed E-state index contributed by atoms with van der Waals surface area (Å²) in [6.07, 6.45) is 3.01. The van der Waals surface area contributed by atoms with Crippen LogP contribution in [0, 0.1) is 0 Å². The molecule has 0 fully saturated rings. The van der Waals surface area contributed by atoms with Gasteiger partial charge in [0.15, 0.2) is 0 Å². The average molecular weight is 289 g/mol. The highest BCUT2D eigenvalue weighted by molar-refractivity contribution is 5.94. The number of nitrogens with zero attached hydrogens (tertiary/aromatic N) is 1. The fourth-order valence-corrected chi connectivity index (χ4v) is 2.54. The number of aromatic nitrogens is 1. The largest absolute Gasteiger partial charge is 0.478 e. The molecule has 0 aliphatic carbocycles. The molecule has 1 N–H and O–H groups in total. The summed E-state index contributed by atoms with van der Waals surface area (Å²) < 4.78 is 0. The number of para-hydroxylation sites is 1. The van der Waals surface area contributed by atoms with Crippen LogP contribution in [0.3, 0.4) is 0 Å². The van der Waals surface area contributed by atoms with Gasteiger partial charge in [0, 0.05) is 23.2 Å². The molecule has 3 heteroatoms. The molecule has 1 aromatic heterocycles. The number of carboxylic acid groups (broad SMARTS) is 1. The highest BCUT2D eigenvalue weighted by Gasteiger charge is 2.06. The second kappa shape index (κ2) is 5.82. The Morgan fingerprint density at radius 1 is 1.09 bits per heavy atom. The minimum absolute atomic E-state index is 0.725. The van der Waals surface area contributed by atoms with E-state index in [4.69, 9.17) is 5.11 Å². The molecule has 0 spiro atoms. The van der Waals surface area contributed by atoms with Crippen molar-refractivity contribution in [1.29, 1.82) is 0 Å². The summed E-state index contributed by atoms with van der Waals surface area (Å²) in [5.41, 5.74) is 4.64. The van der Waals surface area contributed by atoms with Gasteiger partial charge in [-0.2, -0.15) is 0 Å². The van der Waals surface area contributed by atoms with Crippen molar-refractivity contribution >= 4 is 22.4 Å². The quantitative estimate of drug-likeness (QED) is 0.727. The molecule has 3 nitrogen and oxygen atoms in total. The lowest BCUT2D eigenvalue weighted by atomic mass is 9.98. The van der Waals surface area contributed by atoms with Gasteiger partial charge in [-0.25, -0.2) is 4.79 Å². The van der Waals surface area contributed by atoms with Gasteiger partial charge in [-0.05, 0) is 35.8 Å². The average Bonchev–Trinajstić information content (AvgIpc) is 2.54. The van der Waals surface area contributed by atoms with Crippen molar-refractivity contribution in [3.05, 3.63) is 72.4 Å². The summed E-state index contributed by atoms with van der Waals surface area (Å²) in [7, 11) is 0. The highest BCUT2D eigenvalue weighted by Crippen LogP contribution is 2.29. The number of fused-ring (bicyclic) bond motifs is 1. The number of hydrogen-bond acceptors (Lipinski definition) is 2. The zero-order valence-corrected chi connectivity index (χ0v) is 12.2. The lowest BCUT2D eigenvalue weighted by molar-refractivity contribution is -0.131. The number of rotatable bonds is 3. The number of pyridine rings is 1. The molecule has 3 aromatic rings. The third-order valence-corrected chi connectivity index (χ3v) is 3.60. The molecule has 22 heavy (non-hydrogen) atoms. The summed E-state index contributed by atoms with van der Waals surface area (Å²) in [5.74, 6) is -0.935. The number of hydrogen-bond donors (Lipinski definition) is 1. The normalized spacial score (nSPS) is 11.6. The van der Waals surface area contributed by atoms with Crippen molar-refractivity contribution in [3.63, 3.8) is 0 Å².